The minimum absolute atomic E-state index is 0.0220. The van der Waals surface area contributed by atoms with Crippen LogP contribution in [-0.2, 0) is 9.53 Å². The lowest BCUT2D eigenvalue weighted by Crippen LogP contribution is -2.42. The zero-order valence-electron chi connectivity index (χ0n) is 14.8. The summed E-state index contributed by atoms with van der Waals surface area (Å²) in [6, 6.07) is 11.4. The maximum atomic E-state index is 13.1. The fourth-order valence-electron chi connectivity index (χ4n) is 2.91. The summed E-state index contributed by atoms with van der Waals surface area (Å²) in [4.78, 5) is 15.0. The summed E-state index contributed by atoms with van der Waals surface area (Å²) in [5.41, 5.74) is 1.66. The number of aryl methyl sites for hydroxylation is 1. The fraction of sp³-hybridized carbons (Fsp3) is 0.316. The van der Waals surface area contributed by atoms with Gasteiger partial charge in [-0.05, 0) is 30.3 Å². The number of rotatable bonds is 5. The molecule has 0 saturated carbocycles. The van der Waals surface area contributed by atoms with Gasteiger partial charge in [0.1, 0.15) is 11.0 Å². The lowest BCUT2D eigenvalue weighted by molar-refractivity contribution is -0.134. The number of morpholine rings is 1. The fourth-order valence-corrected chi connectivity index (χ4v) is 3.87. The standard InChI is InChI=1S/C19H19N3O4S/c1-13-15(7-10-25-13)17-20-21-19(26-17)27-16(14-5-3-2-4-6-14)18(23)22-8-11-24-12-9-22/h2-7,10,16H,8-9,11-12H2,1H3. The highest BCUT2D eigenvalue weighted by atomic mass is 32.2. The molecule has 3 heterocycles. The SMILES string of the molecule is Cc1occc1-c1nnc(SC(C(=O)N2CCOCC2)c2ccccc2)o1. The van der Waals surface area contributed by atoms with Gasteiger partial charge in [0.2, 0.25) is 5.91 Å². The predicted molar refractivity (Wildman–Crippen MR) is 99.2 cm³/mol. The quantitative estimate of drug-likeness (QED) is 0.623. The average molecular weight is 385 g/mol. The van der Waals surface area contributed by atoms with Crippen molar-refractivity contribution in [2.24, 2.45) is 0 Å². The molecule has 3 aromatic rings. The summed E-state index contributed by atoms with van der Waals surface area (Å²) in [6.45, 7) is 4.13. The Bertz CT molecular complexity index is 903. The van der Waals surface area contributed by atoms with E-state index >= 15 is 0 Å². The Labute approximate surface area is 160 Å². The van der Waals surface area contributed by atoms with Crippen molar-refractivity contribution in [3.05, 3.63) is 54.0 Å². The molecule has 1 fully saturated rings. The van der Waals surface area contributed by atoms with Gasteiger partial charge in [-0.1, -0.05) is 30.3 Å². The second-order valence-electron chi connectivity index (χ2n) is 6.11. The molecule has 1 aromatic carbocycles. The topological polar surface area (TPSA) is 81.6 Å². The molecule has 1 unspecified atom stereocenters. The van der Waals surface area contributed by atoms with E-state index in [1.165, 1.54) is 11.8 Å². The first kappa shape index (κ1) is 17.8. The van der Waals surface area contributed by atoms with E-state index in [0.29, 0.717) is 43.2 Å². The van der Waals surface area contributed by atoms with Crippen LogP contribution < -0.4 is 0 Å². The number of aromatic nitrogens is 2. The molecule has 1 atom stereocenters. The Morgan fingerprint density at radius 1 is 1.15 bits per heavy atom. The van der Waals surface area contributed by atoms with Crippen LogP contribution in [0.2, 0.25) is 0 Å². The van der Waals surface area contributed by atoms with E-state index in [0.717, 1.165) is 11.1 Å². The maximum absolute atomic E-state index is 13.1. The van der Waals surface area contributed by atoms with Crippen molar-refractivity contribution in [3.8, 4) is 11.5 Å². The van der Waals surface area contributed by atoms with Crippen LogP contribution in [-0.4, -0.2) is 47.3 Å². The second kappa shape index (κ2) is 7.98. The van der Waals surface area contributed by atoms with Crippen molar-refractivity contribution in [1.82, 2.24) is 15.1 Å². The first-order valence-corrected chi connectivity index (χ1v) is 9.56. The molecule has 0 bridgehead atoms. The predicted octanol–water partition coefficient (Wildman–Crippen LogP) is 3.33. The molecule has 0 aliphatic carbocycles. The van der Waals surface area contributed by atoms with Crippen molar-refractivity contribution < 1.29 is 18.4 Å². The highest BCUT2D eigenvalue weighted by Crippen LogP contribution is 2.37. The van der Waals surface area contributed by atoms with Crippen molar-refractivity contribution in [2.45, 2.75) is 17.4 Å². The molecule has 1 amide bonds. The minimum atomic E-state index is -0.456. The highest BCUT2D eigenvalue weighted by Gasteiger charge is 2.30. The van der Waals surface area contributed by atoms with Crippen molar-refractivity contribution in [2.75, 3.05) is 26.3 Å². The molecule has 1 saturated heterocycles. The first-order chi connectivity index (χ1) is 13.2. The van der Waals surface area contributed by atoms with Crippen LogP contribution in [0.5, 0.6) is 0 Å². The summed E-state index contributed by atoms with van der Waals surface area (Å²) < 4.78 is 16.4. The third kappa shape index (κ3) is 3.91. The number of furan rings is 1. The van der Waals surface area contributed by atoms with Gasteiger partial charge >= 0.3 is 0 Å². The van der Waals surface area contributed by atoms with Crippen molar-refractivity contribution >= 4 is 17.7 Å². The number of hydrogen-bond donors (Lipinski definition) is 0. The molecular formula is C19H19N3O4S. The molecule has 0 N–H and O–H groups in total. The van der Waals surface area contributed by atoms with Gasteiger partial charge in [-0.25, -0.2) is 0 Å². The van der Waals surface area contributed by atoms with E-state index in [4.69, 9.17) is 13.6 Å². The zero-order valence-corrected chi connectivity index (χ0v) is 15.6. The molecule has 7 nitrogen and oxygen atoms in total. The molecule has 27 heavy (non-hydrogen) atoms. The van der Waals surface area contributed by atoms with E-state index < -0.39 is 5.25 Å². The van der Waals surface area contributed by atoms with E-state index in [9.17, 15) is 4.79 Å². The van der Waals surface area contributed by atoms with Gasteiger partial charge in [-0.15, -0.1) is 10.2 Å². The largest absolute Gasteiger partial charge is 0.469 e. The Balaban J connectivity index is 1.59. The Morgan fingerprint density at radius 3 is 2.63 bits per heavy atom. The molecule has 1 aliphatic heterocycles. The van der Waals surface area contributed by atoms with E-state index in [1.807, 2.05) is 42.2 Å². The van der Waals surface area contributed by atoms with Crippen LogP contribution in [0.1, 0.15) is 16.6 Å². The molecule has 4 rings (SSSR count). The number of benzene rings is 1. The number of carbonyl (C=O) groups excluding carboxylic acids is 1. The maximum Gasteiger partial charge on any atom is 0.277 e. The van der Waals surface area contributed by atoms with Crippen LogP contribution in [0, 0.1) is 6.92 Å². The van der Waals surface area contributed by atoms with Crippen molar-refractivity contribution in [3.63, 3.8) is 0 Å². The molecule has 2 aromatic heterocycles. The molecule has 140 valence electrons. The van der Waals surface area contributed by atoms with Gasteiger partial charge in [-0.3, -0.25) is 4.79 Å². The van der Waals surface area contributed by atoms with Gasteiger partial charge in [0, 0.05) is 13.1 Å². The van der Waals surface area contributed by atoms with Gasteiger partial charge < -0.3 is 18.5 Å². The third-order valence-corrected chi connectivity index (χ3v) is 5.44. The number of carbonyl (C=O) groups is 1. The normalized spacial score (nSPS) is 15.7. The average Bonchev–Trinajstić information content (AvgIpc) is 3.35. The molecular weight excluding hydrogens is 366 g/mol. The lowest BCUT2D eigenvalue weighted by atomic mass is 10.1. The zero-order chi connectivity index (χ0) is 18.6. The third-order valence-electron chi connectivity index (χ3n) is 4.36. The van der Waals surface area contributed by atoms with Crippen molar-refractivity contribution in [1.29, 1.82) is 0 Å². The molecule has 0 radical (unpaired) electrons. The molecule has 0 spiro atoms. The van der Waals surface area contributed by atoms with Crippen LogP contribution in [0.4, 0.5) is 0 Å². The van der Waals surface area contributed by atoms with Gasteiger partial charge in [0.25, 0.3) is 11.1 Å². The Morgan fingerprint density at radius 2 is 1.93 bits per heavy atom. The van der Waals surface area contributed by atoms with Crippen LogP contribution in [0.25, 0.3) is 11.5 Å². The monoisotopic (exact) mass is 385 g/mol. The van der Waals surface area contributed by atoms with E-state index in [-0.39, 0.29) is 5.91 Å². The lowest BCUT2D eigenvalue weighted by Gasteiger charge is -2.29. The van der Waals surface area contributed by atoms with Crippen LogP contribution in [0.3, 0.4) is 0 Å². The summed E-state index contributed by atoms with van der Waals surface area (Å²) >= 11 is 1.26. The highest BCUT2D eigenvalue weighted by molar-refractivity contribution is 8.00. The van der Waals surface area contributed by atoms with Gasteiger partial charge in [0.15, 0.2) is 0 Å². The first-order valence-electron chi connectivity index (χ1n) is 8.68. The minimum Gasteiger partial charge on any atom is -0.469 e. The Hall–Kier alpha value is -2.58. The van der Waals surface area contributed by atoms with Gasteiger partial charge in [0.05, 0.1) is 25.0 Å². The summed E-state index contributed by atoms with van der Waals surface area (Å²) in [6.07, 6.45) is 1.58. The Kier molecular flexibility index (Phi) is 5.26. The number of hydrogen-bond acceptors (Lipinski definition) is 7. The molecule has 8 heteroatoms. The number of nitrogens with zero attached hydrogens (tertiary/aromatic N) is 3. The number of thioether (sulfide) groups is 1. The number of amides is 1. The molecule has 1 aliphatic rings. The second-order valence-corrected chi connectivity index (χ2v) is 7.17. The van der Waals surface area contributed by atoms with Crippen LogP contribution >= 0.6 is 11.8 Å². The van der Waals surface area contributed by atoms with E-state index in [2.05, 4.69) is 10.2 Å². The summed E-state index contributed by atoms with van der Waals surface area (Å²) in [7, 11) is 0. The van der Waals surface area contributed by atoms with Gasteiger partial charge in [-0.2, -0.15) is 0 Å². The van der Waals surface area contributed by atoms with E-state index in [1.54, 1.807) is 12.3 Å². The summed E-state index contributed by atoms with van der Waals surface area (Å²) in [5, 5.41) is 8.10. The van der Waals surface area contributed by atoms with Crippen LogP contribution in [0.15, 0.2) is 56.7 Å². The number of ether oxygens (including phenoxy) is 1. The summed E-state index contributed by atoms with van der Waals surface area (Å²) in [5.74, 6) is 1.11. The smallest absolute Gasteiger partial charge is 0.277 e.